The third kappa shape index (κ3) is 3.47. The van der Waals surface area contributed by atoms with E-state index in [1.54, 1.807) is 0 Å². The summed E-state index contributed by atoms with van der Waals surface area (Å²) in [4.78, 5) is 1.10. The standard InChI is InChI=1S/C13H11BrCl2S/c1-8-3-2-4-9(5-8)6-11(15)12-7-10(14)13(16)17-12/h2-5,7,11H,6H2,1H3. The van der Waals surface area contributed by atoms with Gasteiger partial charge in [0.25, 0.3) is 0 Å². The Kier molecular flexibility index (Phi) is 4.53. The molecule has 1 unspecified atom stereocenters. The van der Waals surface area contributed by atoms with Gasteiger partial charge in [-0.15, -0.1) is 22.9 Å². The van der Waals surface area contributed by atoms with Gasteiger partial charge in [-0.2, -0.15) is 0 Å². The molecule has 0 aliphatic heterocycles. The molecule has 2 rings (SSSR count). The van der Waals surface area contributed by atoms with Gasteiger partial charge in [0.05, 0.1) is 5.38 Å². The van der Waals surface area contributed by atoms with E-state index in [4.69, 9.17) is 23.2 Å². The fraction of sp³-hybridized carbons (Fsp3) is 0.231. The highest BCUT2D eigenvalue weighted by molar-refractivity contribution is 9.10. The summed E-state index contributed by atoms with van der Waals surface area (Å²) in [6, 6.07) is 10.4. The van der Waals surface area contributed by atoms with E-state index in [2.05, 4.69) is 47.1 Å². The number of alkyl halides is 1. The van der Waals surface area contributed by atoms with E-state index in [9.17, 15) is 0 Å². The van der Waals surface area contributed by atoms with Crippen molar-refractivity contribution in [2.75, 3.05) is 0 Å². The zero-order chi connectivity index (χ0) is 12.4. The Morgan fingerprint density at radius 2 is 2.12 bits per heavy atom. The van der Waals surface area contributed by atoms with Crippen molar-refractivity contribution in [2.24, 2.45) is 0 Å². The Morgan fingerprint density at radius 1 is 1.35 bits per heavy atom. The van der Waals surface area contributed by atoms with Crippen molar-refractivity contribution in [1.82, 2.24) is 0 Å². The van der Waals surface area contributed by atoms with Crippen molar-refractivity contribution in [2.45, 2.75) is 18.7 Å². The van der Waals surface area contributed by atoms with Crippen molar-refractivity contribution in [3.8, 4) is 0 Å². The normalized spacial score (nSPS) is 12.7. The van der Waals surface area contributed by atoms with Crippen molar-refractivity contribution in [3.05, 3.63) is 55.1 Å². The summed E-state index contributed by atoms with van der Waals surface area (Å²) in [7, 11) is 0. The average molecular weight is 350 g/mol. The zero-order valence-electron chi connectivity index (χ0n) is 9.21. The van der Waals surface area contributed by atoms with E-state index in [1.165, 1.54) is 22.5 Å². The minimum atomic E-state index is -0.0226. The molecule has 1 atom stereocenters. The molecule has 0 amide bonds. The molecule has 0 spiro atoms. The number of rotatable bonds is 3. The minimum absolute atomic E-state index is 0.0226. The Hall–Kier alpha value is -0.0200. The highest BCUT2D eigenvalue weighted by atomic mass is 79.9. The van der Waals surface area contributed by atoms with E-state index in [0.29, 0.717) is 0 Å². The van der Waals surface area contributed by atoms with Crippen molar-refractivity contribution < 1.29 is 0 Å². The second-order valence-corrected chi connectivity index (χ2v) is 7.00. The van der Waals surface area contributed by atoms with Crippen LogP contribution in [0.2, 0.25) is 4.34 Å². The monoisotopic (exact) mass is 348 g/mol. The van der Waals surface area contributed by atoms with Gasteiger partial charge in [-0.1, -0.05) is 41.4 Å². The molecule has 0 bridgehead atoms. The van der Waals surface area contributed by atoms with E-state index in [-0.39, 0.29) is 5.38 Å². The van der Waals surface area contributed by atoms with Crippen molar-refractivity contribution in [1.29, 1.82) is 0 Å². The largest absolute Gasteiger partial charge is 0.126 e. The van der Waals surface area contributed by atoms with E-state index < -0.39 is 0 Å². The predicted molar refractivity (Wildman–Crippen MR) is 80.5 cm³/mol. The molecule has 0 saturated carbocycles. The molecule has 0 radical (unpaired) electrons. The van der Waals surface area contributed by atoms with Gasteiger partial charge in [0.15, 0.2) is 0 Å². The van der Waals surface area contributed by atoms with Crippen LogP contribution < -0.4 is 0 Å². The van der Waals surface area contributed by atoms with Crippen molar-refractivity contribution in [3.63, 3.8) is 0 Å². The Labute approximate surface area is 124 Å². The van der Waals surface area contributed by atoms with Crippen LogP contribution in [0.4, 0.5) is 0 Å². The molecule has 4 heteroatoms. The maximum atomic E-state index is 6.41. The first-order valence-corrected chi connectivity index (χ1v) is 7.63. The Balaban J connectivity index is 2.14. The van der Waals surface area contributed by atoms with Gasteiger partial charge < -0.3 is 0 Å². The molecule has 1 aromatic carbocycles. The molecule has 90 valence electrons. The van der Waals surface area contributed by atoms with Crippen molar-refractivity contribution >= 4 is 50.5 Å². The average Bonchev–Trinajstić information content (AvgIpc) is 2.59. The Bertz CT molecular complexity index is 502. The fourth-order valence-corrected chi connectivity index (χ4v) is 3.75. The first-order valence-electron chi connectivity index (χ1n) is 5.20. The van der Waals surface area contributed by atoms with Crippen LogP contribution in [-0.2, 0) is 6.42 Å². The third-order valence-corrected chi connectivity index (χ3v) is 5.58. The summed E-state index contributed by atoms with van der Waals surface area (Å²) in [6.07, 6.45) is 0.826. The molecule has 0 fully saturated rings. The molecule has 0 saturated heterocycles. The van der Waals surface area contributed by atoms with E-state index in [1.807, 2.05) is 6.07 Å². The number of hydrogen-bond acceptors (Lipinski definition) is 1. The summed E-state index contributed by atoms with van der Waals surface area (Å²) < 4.78 is 1.68. The molecule has 0 aliphatic carbocycles. The maximum absolute atomic E-state index is 6.41. The molecule has 17 heavy (non-hydrogen) atoms. The highest BCUT2D eigenvalue weighted by Gasteiger charge is 2.14. The van der Waals surface area contributed by atoms with Crippen LogP contribution in [0.5, 0.6) is 0 Å². The van der Waals surface area contributed by atoms with Gasteiger partial charge in [-0.3, -0.25) is 0 Å². The molecular weight excluding hydrogens is 339 g/mol. The second-order valence-electron chi connectivity index (χ2n) is 3.93. The van der Waals surface area contributed by atoms with E-state index >= 15 is 0 Å². The third-order valence-electron chi connectivity index (χ3n) is 2.47. The lowest BCUT2D eigenvalue weighted by Gasteiger charge is -2.07. The number of aryl methyl sites for hydroxylation is 1. The van der Waals surface area contributed by atoms with Crippen LogP contribution in [0, 0.1) is 6.92 Å². The number of hydrogen-bond donors (Lipinski definition) is 0. The lowest BCUT2D eigenvalue weighted by Crippen LogP contribution is -1.93. The summed E-state index contributed by atoms with van der Waals surface area (Å²) in [6.45, 7) is 2.09. The number of halogens is 3. The molecular formula is C13H11BrCl2S. The van der Waals surface area contributed by atoms with Gasteiger partial charge in [0.2, 0.25) is 0 Å². The number of thiophene rings is 1. The highest BCUT2D eigenvalue weighted by Crippen LogP contribution is 2.38. The molecule has 0 aliphatic rings. The zero-order valence-corrected chi connectivity index (χ0v) is 13.1. The fourth-order valence-electron chi connectivity index (χ4n) is 1.66. The summed E-state index contributed by atoms with van der Waals surface area (Å²) in [5, 5.41) is -0.0226. The van der Waals surface area contributed by atoms with E-state index in [0.717, 1.165) is 20.1 Å². The minimum Gasteiger partial charge on any atom is -0.126 e. The molecule has 1 aromatic heterocycles. The lowest BCUT2D eigenvalue weighted by molar-refractivity contribution is 0.937. The van der Waals surface area contributed by atoms with Crippen LogP contribution in [0.1, 0.15) is 21.4 Å². The predicted octanol–water partition coefficient (Wildman–Crippen LogP) is 6.00. The molecule has 2 aromatic rings. The number of benzene rings is 1. The van der Waals surface area contributed by atoms with Crippen LogP contribution in [0.25, 0.3) is 0 Å². The van der Waals surface area contributed by atoms with Crippen LogP contribution in [0.15, 0.2) is 34.8 Å². The maximum Gasteiger partial charge on any atom is 0.107 e. The second kappa shape index (κ2) is 5.75. The summed E-state index contributed by atoms with van der Waals surface area (Å²) in [5.74, 6) is 0. The first-order chi connectivity index (χ1) is 8.06. The summed E-state index contributed by atoms with van der Waals surface area (Å²) >= 11 is 17.4. The smallest absolute Gasteiger partial charge is 0.107 e. The van der Waals surface area contributed by atoms with Gasteiger partial charge >= 0.3 is 0 Å². The Morgan fingerprint density at radius 3 is 2.71 bits per heavy atom. The first kappa shape index (κ1) is 13.4. The molecule has 1 heterocycles. The van der Waals surface area contributed by atoms with Crippen LogP contribution in [-0.4, -0.2) is 0 Å². The van der Waals surface area contributed by atoms with Gasteiger partial charge in [0.1, 0.15) is 4.34 Å². The molecule has 0 N–H and O–H groups in total. The quantitative estimate of drug-likeness (QED) is 0.596. The topological polar surface area (TPSA) is 0 Å². The van der Waals surface area contributed by atoms with Crippen LogP contribution in [0.3, 0.4) is 0 Å². The summed E-state index contributed by atoms with van der Waals surface area (Å²) in [5.41, 5.74) is 2.52. The van der Waals surface area contributed by atoms with Crippen LogP contribution >= 0.6 is 50.5 Å². The lowest BCUT2D eigenvalue weighted by atomic mass is 10.1. The molecule has 0 nitrogen and oxygen atoms in total. The van der Waals surface area contributed by atoms with Gasteiger partial charge in [0, 0.05) is 9.35 Å². The van der Waals surface area contributed by atoms with Gasteiger partial charge in [-0.25, -0.2) is 0 Å². The van der Waals surface area contributed by atoms with Gasteiger partial charge in [-0.05, 0) is 40.9 Å². The SMILES string of the molecule is Cc1cccc(CC(Cl)c2cc(Br)c(Cl)s2)c1.